The summed E-state index contributed by atoms with van der Waals surface area (Å²) in [6, 6.07) is 9.87. The van der Waals surface area contributed by atoms with Crippen LogP contribution in [0.3, 0.4) is 0 Å². The molecule has 0 aliphatic heterocycles. The minimum Gasteiger partial charge on any atom is -0.439 e. The number of aromatic nitrogens is 1. The van der Waals surface area contributed by atoms with E-state index in [9.17, 15) is 31.9 Å². The van der Waals surface area contributed by atoms with E-state index in [2.05, 4.69) is 30.5 Å². The molecule has 1 aromatic heterocycles. The van der Waals surface area contributed by atoms with Gasteiger partial charge in [0.25, 0.3) is 0 Å². The summed E-state index contributed by atoms with van der Waals surface area (Å²) in [5, 5.41) is 3.35. The van der Waals surface area contributed by atoms with E-state index < -0.39 is 57.8 Å². The van der Waals surface area contributed by atoms with Gasteiger partial charge in [0.1, 0.15) is 5.75 Å². The third-order valence-electron chi connectivity index (χ3n) is 5.10. The van der Waals surface area contributed by atoms with E-state index in [4.69, 9.17) is 24.3 Å². The Kier molecular flexibility index (Phi) is 10.5. The number of rotatable bonds is 10. The first-order valence-corrected chi connectivity index (χ1v) is 14.7. The summed E-state index contributed by atoms with van der Waals surface area (Å²) < 4.78 is 72.4. The van der Waals surface area contributed by atoms with Crippen LogP contribution in [-0.2, 0) is 24.1 Å². The van der Waals surface area contributed by atoms with Crippen LogP contribution < -0.4 is 15.4 Å². The van der Waals surface area contributed by atoms with Gasteiger partial charge in [-0.15, -0.1) is 0 Å². The smallest absolute Gasteiger partial charge is 0.425 e. The second kappa shape index (κ2) is 12.7. The van der Waals surface area contributed by atoms with E-state index in [1.165, 1.54) is 17.4 Å². The van der Waals surface area contributed by atoms with Crippen molar-refractivity contribution in [3.8, 4) is 11.6 Å². The highest BCUT2D eigenvalue weighted by atomic mass is 31.2. The highest BCUT2D eigenvalue weighted by Crippen LogP contribution is 2.58. The molecule has 0 bridgehead atoms. The van der Waals surface area contributed by atoms with Crippen LogP contribution in [0, 0.1) is 0 Å². The minimum absolute atomic E-state index is 0.0507. The number of anilines is 1. The Bertz CT molecular complexity index is 1250. The molecule has 1 atom stereocenters. The molecule has 2 aromatic rings. The van der Waals surface area contributed by atoms with Crippen LogP contribution in [0.1, 0.15) is 39.2 Å². The van der Waals surface area contributed by atoms with E-state index in [0.29, 0.717) is 5.75 Å². The first kappa shape index (κ1) is 33.2. The van der Waals surface area contributed by atoms with Crippen molar-refractivity contribution < 1.29 is 60.9 Å². The zero-order valence-corrected chi connectivity index (χ0v) is 23.1. The van der Waals surface area contributed by atoms with Crippen molar-refractivity contribution in [2.24, 2.45) is 0 Å². The van der Waals surface area contributed by atoms with Gasteiger partial charge in [-0.1, -0.05) is 32.9 Å². The normalized spacial score (nSPS) is 13.5. The number of nitrogens with one attached hydrogen (secondary N) is 2. The van der Waals surface area contributed by atoms with Gasteiger partial charge in [0, 0.05) is 18.9 Å². The van der Waals surface area contributed by atoms with E-state index in [-0.39, 0.29) is 17.0 Å². The van der Waals surface area contributed by atoms with E-state index >= 15 is 0 Å². The number of halogens is 3. The fraction of sp³-hybridized carbons (Fsp3) is 0.409. The van der Waals surface area contributed by atoms with Crippen molar-refractivity contribution in [2.45, 2.75) is 56.8 Å². The number of hydrogen-bond donors (Lipinski definition) is 6. The van der Waals surface area contributed by atoms with Gasteiger partial charge in [0.05, 0.1) is 11.9 Å². The van der Waals surface area contributed by atoms with E-state index in [1.807, 2.05) is 17.4 Å². The zero-order chi connectivity index (χ0) is 30.5. The molecule has 2 rings (SSSR count). The predicted octanol–water partition coefficient (Wildman–Crippen LogP) is 4.19. The van der Waals surface area contributed by atoms with Gasteiger partial charge in [-0.25, -0.2) is 9.78 Å². The SMILES string of the molecule is CC(C)(C)c1ccc(Oc2ccc(NC(=O)OC(CCC(=O)NC(P(=O)(O)O)P(=O)(O)O)C(F)(F)F)cn2)cc1. The van der Waals surface area contributed by atoms with Gasteiger partial charge in [0.2, 0.25) is 17.3 Å². The van der Waals surface area contributed by atoms with Crippen LogP contribution in [0.15, 0.2) is 42.6 Å². The second-order valence-corrected chi connectivity index (χ2v) is 13.3. The summed E-state index contributed by atoms with van der Waals surface area (Å²) >= 11 is 0. The summed E-state index contributed by atoms with van der Waals surface area (Å²) in [5.74, 6) is -0.918. The lowest BCUT2D eigenvalue weighted by Gasteiger charge is -2.23. The molecule has 2 amide bonds. The third kappa shape index (κ3) is 10.5. The molecule has 0 saturated heterocycles. The molecule has 0 radical (unpaired) electrons. The Balaban J connectivity index is 1.97. The number of carbonyl (C=O) groups is 2. The van der Waals surface area contributed by atoms with Gasteiger partial charge in [0.15, 0.2) is 6.10 Å². The standard InChI is InChI=1S/C22H28F3N3O10P2/c1-21(2,3)13-4-7-15(8-5-13)37-18-11-6-14(12-26-18)27-19(30)38-16(22(23,24)25)9-10-17(29)28-20(39(31,32)33)40(34,35)36/h4-8,11-12,16,20H,9-10H2,1-3H3,(H,27,30)(H,28,29)(H2,31,32,33)(H2,34,35,36). The summed E-state index contributed by atoms with van der Waals surface area (Å²) in [4.78, 5) is 63.8. The molecule has 0 saturated carbocycles. The molecule has 1 aromatic carbocycles. The van der Waals surface area contributed by atoms with Crippen LogP contribution in [0.2, 0.25) is 0 Å². The topological polar surface area (TPSA) is 205 Å². The highest BCUT2D eigenvalue weighted by molar-refractivity contribution is 7.70. The molecule has 18 heteroatoms. The first-order chi connectivity index (χ1) is 18.2. The van der Waals surface area contributed by atoms with E-state index in [1.54, 1.807) is 12.1 Å². The van der Waals surface area contributed by atoms with Crippen molar-refractivity contribution in [2.75, 3.05) is 5.32 Å². The fourth-order valence-electron chi connectivity index (χ4n) is 3.07. The van der Waals surface area contributed by atoms with Crippen LogP contribution in [-0.4, -0.2) is 54.4 Å². The fourth-order valence-corrected chi connectivity index (χ4v) is 5.26. The molecule has 0 spiro atoms. The van der Waals surface area contributed by atoms with Crippen LogP contribution in [0.5, 0.6) is 11.6 Å². The molecule has 13 nitrogen and oxygen atoms in total. The Morgan fingerprint density at radius 3 is 2.00 bits per heavy atom. The maximum absolute atomic E-state index is 13.3. The molecule has 0 aliphatic rings. The van der Waals surface area contributed by atoms with Crippen molar-refractivity contribution in [1.82, 2.24) is 10.3 Å². The van der Waals surface area contributed by atoms with Gasteiger partial charge < -0.3 is 34.4 Å². The summed E-state index contributed by atoms with van der Waals surface area (Å²) in [5.41, 5.74) is -1.97. The Morgan fingerprint density at radius 2 is 1.55 bits per heavy atom. The largest absolute Gasteiger partial charge is 0.439 e. The van der Waals surface area contributed by atoms with Crippen molar-refractivity contribution in [3.63, 3.8) is 0 Å². The molecular weight excluding hydrogens is 585 g/mol. The van der Waals surface area contributed by atoms with E-state index in [0.717, 1.165) is 11.8 Å². The molecule has 6 N–H and O–H groups in total. The number of amides is 2. The van der Waals surface area contributed by atoms with Crippen molar-refractivity contribution >= 4 is 32.9 Å². The number of ether oxygens (including phenoxy) is 2. The average Bonchev–Trinajstić information content (AvgIpc) is 2.79. The average molecular weight is 613 g/mol. The van der Waals surface area contributed by atoms with Crippen molar-refractivity contribution in [1.29, 1.82) is 0 Å². The third-order valence-corrected chi connectivity index (χ3v) is 8.44. The van der Waals surface area contributed by atoms with Gasteiger partial charge in [-0.05, 0) is 29.2 Å². The number of hydrogen-bond acceptors (Lipinski definition) is 7. The van der Waals surface area contributed by atoms with Crippen LogP contribution in [0.25, 0.3) is 0 Å². The van der Waals surface area contributed by atoms with Crippen molar-refractivity contribution in [3.05, 3.63) is 48.2 Å². The first-order valence-electron chi connectivity index (χ1n) is 11.3. The number of alkyl halides is 3. The molecule has 1 heterocycles. The molecule has 222 valence electrons. The lowest BCUT2D eigenvalue weighted by molar-refractivity contribution is -0.204. The highest BCUT2D eigenvalue weighted by Gasteiger charge is 2.46. The number of benzene rings is 1. The number of carbonyl (C=O) groups excluding carboxylic acids is 2. The Morgan fingerprint density at radius 1 is 0.975 bits per heavy atom. The molecular formula is C22H28F3N3O10P2. The lowest BCUT2D eigenvalue weighted by Crippen LogP contribution is -2.38. The molecule has 0 aliphatic carbocycles. The maximum atomic E-state index is 13.3. The monoisotopic (exact) mass is 613 g/mol. The zero-order valence-electron chi connectivity index (χ0n) is 21.3. The Labute approximate surface area is 226 Å². The quantitative estimate of drug-likeness (QED) is 0.210. The van der Waals surface area contributed by atoms with Gasteiger partial charge in [-0.2, -0.15) is 13.2 Å². The molecule has 0 fully saturated rings. The number of pyridine rings is 1. The molecule has 40 heavy (non-hydrogen) atoms. The minimum atomic E-state index is -5.55. The van der Waals surface area contributed by atoms with Crippen LogP contribution in [0.4, 0.5) is 23.7 Å². The van der Waals surface area contributed by atoms with Gasteiger partial charge in [-0.3, -0.25) is 19.2 Å². The predicted molar refractivity (Wildman–Crippen MR) is 135 cm³/mol. The summed E-state index contributed by atoms with van der Waals surface area (Å²) in [7, 11) is -11.1. The number of nitrogens with zero attached hydrogens (tertiary/aromatic N) is 1. The summed E-state index contributed by atoms with van der Waals surface area (Å²) in [6.45, 7) is 6.15. The maximum Gasteiger partial charge on any atom is 0.425 e. The van der Waals surface area contributed by atoms with Gasteiger partial charge >= 0.3 is 27.5 Å². The lowest BCUT2D eigenvalue weighted by atomic mass is 9.87. The summed E-state index contributed by atoms with van der Waals surface area (Å²) in [6.07, 6.45) is -10.8. The molecule has 1 unspecified atom stereocenters. The Hall–Kier alpha value is -3.00. The van der Waals surface area contributed by atoms with Crippen LogP contribution >= 0.6 is 15.2 Å². The second-order valence-electron chi connectivity index (χ2n) is 9.48.